The number of unbranched alkanes of at least 4 members (excludes halogenated alkanes) is 1. The van der Waals surface area contributed by atoms with Gasteiger partial charge in [-0.1, -0.05) is 20.3 Å². The van der Waals surface area contributed by atoms with Crippen LogP contribution >= 0.6 is 0 Å². The minimum Gasteiger partial charge on any atom is -0.459 e. The third-order valence-electron chi connectivity index (χ3n) is 18.5. The summed E-state index contributed by atoms with van der Waals surface area (Å²) in [6.45, 7) is 19.3. The Balaban J connectivity index is 0.000000256. The van der Waals surface area contributed by atoms with Gasteiger partial charge in [-0.2, -0.15) is 4.98 Å². The van der Waals surface area contributed by atoms with Crippen LogP contribution in [-0.2, 0) is 65.6 Å². The van der Waals surface area contributed by atoms with E-state index in [0.29, 0.717) is 186 Å². The number of hydroxylamine groups is 2. The van der Waals surface area contributed by atoms with Gasteiger partial charge < -0.3 is 79.4 Å². The molecule has 0 aromatic carbocycles. The third kappa shape index (κ3) is 25.3. The maximum atomic E-state index is 13.0. The number of anilines is 1. The van der Waals surface area contributed by atoms with Gasteiger partial charge >= 0.3 is 31.0 Å². The molecule has 107 heavy (non-hydrogen) atoms. The number of ether oxygens (including phenoxy) is 9. The van der Waals surface area contributed by atoms with Crippen LogP contribution in [-0.4, -0.2) is 228 Å². The Bertz CT molecular complexity index is 3900. The van der Waals surface area contributed by atoms with Crippen molar-refractivity contribution < 1.29 is 103 Å². The van der Waals surface area contributed by atoms with Crippen LogP contribution in [0.1, 0.15) is 122 Å². The van der Waals surface area contributed by atoms with Crippen LogP contribution in [0.25, 0.3) is 22.3 Å². The summed E-state index contributed by atoms with van der Waals surface area (Å²) in [6.07, 6.45) is 17.6. The van der Waals surface area contributed by atoms with Gasteiger partial charge in [0, 0.05) is 133 Å². The molecule has 5 amide bonds. The molecule has 0 aliphatic carbocycles. The molecule has 0 saturated carbocycles. The Morgan fingerprint density at radius 2 is 1.12 bits per heavy atom. The standard InChI is InChI=1S/C41H58N8O10.C33H47N7O8/c1-4-5-12-42-36(50)8-9-38(51)59-34-23-37(58-35(34)24-45-54)49-25-30(3)39(46-41(49)53)43-13-6-17-55-19-21-57-22-20-56-18-7-14-44-40(52)31-11-16-48-27-33(31)32-26-47(28-48)15-10-29(32)2;1-23-5-9-38-20-26(23)27-21-39(22-38)10-6-25(27)32(42)35-8-4-12-46-14-16-47-15-13-45-11-3-7-34-31-24(2)19-40(33(43)37-31)30-17-28(41)29(48-30)18-36-44/h10-11,15-16,25-27,34-35,37,45,54H,4-9,12-14,17-24,28H2,1-3H3,(H-2,42,43,44,46,50,52,53);5-6,9-10,20-21,24,28-30,36,41,44H,3-4,7-8,11-19,22H2,1-2H3/p+4/i/hD2. The first-order valence-corrected chi connectivity index (χ1v) is 37.1. The Kier molecular flexibility index (Phi) is 32.4. The zero-order chi connectivity index (χ0) is 77.6. The average Bonchev–Trinajstić information content (AvgIpc) is 1.73. The van der Waals surface area contributed by atoms with Crippen molar-refractivity contribution in [2.24, 2.45) is 10.9 Å². The van der Waals surface area contributed by atoms with Crippen LogP contribution in [0.4, 0.5) is 10.6 Å². The highest BCUT2D eigenvalue weighted by Gasteiger charge is 2.43. The molecule has 584 valence electrons. The Labute approximate surface area is 626 Å². The third-order valence-corrected chi connectivity index (χ3v) is 18.5. The summed E-state index contributed by atoms with van der Waals surface area (Å²) in [5.74, 6) is -0.0779. The van der Waals surface area contributed by atoms with Crippen LogP contribution in [0.2, 0.25) is 2.82 Å². The Hall–Kier alpha value is -8.42. The summed E-state index contributed by atoms with van der Waals surface area (Å²) >= 11 is 0. The summed E-state index contributed by atoms with van der Waals surface area (Å²) < 4.78 is 75.2. The molecule has 3 fully saturated rings. The highest BCUT2D eigenvalue weighted by Crippen LogP contribution is 2.32. The molecule has 10 N–H and O–H groups in total. The maximum Gasteiger partial charge on any atom is 0.351 e. The molecule has 0 radical (unpaired) electrons. The fourth-order valence-electron chi connectivity index (χ4n) is 12.7. The van der Waals surface area contributed by atoms with Gasteiger partial charge in [-0.15, -0.1) is 18.3 Å². The summed E-state index contributed by atoms with van der Waals surface area (Å²) in [7, 11) is 0. The molecular weight excluding hydrogens is 1390 g/mol. The number of carbonyl (C=O) groups excluding carboxylic acids is 5. The number of aliphatic imine (C=N–C) groups is 1. The van der Waals surface area contributed by atoms with Gasteiger partial charge in [0.15, 0.2) is 52.4 Å². The number of urea groups is 1. The number of hydrogen-bond acceptors (Lipinski definition) is 23. The molecule has 10 heterocycles. The predicted octanol–water partition coefficient (Wildman–Crippen LogP) is 1.60. The molecule has 3 saturated heterocycles. The summed E-state index contributed by atoms with van der Waals surface area (Å²) in [6, 6.07) is 7.55. The van der Waals surface area contributed by atoms with Crippen LogP contribution in [0, 0.1) is 26.7 Å². The Morgan fingerprint density at radius 3 is 1.67 bits per heavy atom. The molecule has 5 aliphatic heterocycles. The first-order chi connectivity index (χ1) is 52.7. The number of aliphatic hydroxyl groups excluding tert-OH is 1. The molecule has 8 bridgehead atoms. The monoisotopic (exact) mass is 1500 g/mol. The molecule has 0 spiro atoms. The van der Waals surface area contributed by atoms with Crippen molar-refractivity contribution in [3.05, 3.63) is 118 Å². The number of carbonyl (C=O) groups is 5. The van der Waals surface area contributed by atoms with E-state index in [0.717, 1.165) is 46.2 Å². The zero-order valence-corrected chi connectivity index (χ0v) is 62.1. The summed E-state index contributed by atoms with van der Waals surface area (Å²) in [4.78, 5) is 86.4. The van der Waals surface area contributed by atoms with Crippen molar-refractivity contribution in [1.82, 2.24) is 46.7 Å². The van der Waals surface area contributed by atoms with Crippen molar-refractivity contribution in [2.45, 2.75) is 149 Å². The lowest BCUT2D eigenvalue weighted by Gasteiger charge is -2.36. The number of nitrogens with zero attached hydrogens (tertiary/aromatic N) is 8. The van der Waals surface area contributed by atoms with E-state index in [1.54, 1.807) is 13.1 Å². The van der Waals surface area contributed by atoms with E-state index in [1.807, 2.05) is 63.2 Å². The second-order valence-electron chi connectivity index (χ2n) is 26.9. The molecular formula is C74H109N15O18+4. The fraction of sp³-hybridized carbons (Fsp3) is 0.595. The normalized spacial score (nSPS) is 19.7. The van der Waals surface area contributed by atoms with E-state index in [1.165, 1.54) is 9.47 Å². The summed E-state index contributed by atoms with van der Waals surface area (Å²) in [5, 5.41) is 43.6. The predicted molar refractivity (Wildman–Crippen MR) is 386 cm³/mol. The molecule has 5 aromatic rings. The SMILES string of the molecule is [2H]N(O)CC1OC(N2CC(C)C(=NCCCOCCOCCOCCCNC(=O)c3cc[n+]4cc3-c3c[n+](ccc3C)C4)NC2=O)CC1O.[2H]N(O)CC1OC(n2cc(C)c(NCCCOCCOCCOCCCNC(=O)c3cc[n+]4cc3-c3c[n+](ccc3C)C4)nc2=O)CC1OC(=O)CCC(=O)NCCCC. The smallest absolute Gasteiger partial charge is 0.351 e. The largest absolute Gasteiger partial charge is 0.459 e. The molecule has 5 aromatic heterocycles. The van der Waals surface area contributed by atoms with E-state index in [4.69, 9.17) is 50.7 Å². The number of nitrogens with one attached hydrogen (secondary N) is 7. The zero-order valence-electron chi connectivity index (χ0n) is 64.1. The van der Waals surface area contributed by atoms with Crippen LogP contribution in [0.3, 0.4) is 0 Å². The number of amides is 5. The van der Waals surface area contributed by atoms with E-state index in [2.05, 4.69) is 93.2 Å². The van der Waals surface area contributed by atoms with Crippen LogP contribution in [0.5, 0.6) is 0 Å². The summed E-state index contributed by atoms with van der Waals surface area (Å²) in [5.41, 5.74) is 8.06. The number of esters is 1. The van der Waals surface area contributed by atoms with E-state index < -0.39 is 48.5 Å². The van der Waals surface area contributed by atoms with Crippen LogP contribution < -0.4 is 61.5 Å². The number of aliphatic hydroxyl groups is 1. The number of rotatable bonds is 44. The van der Waals surface area contributed by atoms with E-state index >= 15 is 0 Å². The minimum absolute atomic E-state index is 0.0259. The lowest BCUT2D eigenvalue weighted by molar-refractivity contribution is -0.911. The average molecular weight is 1500 g/mol. The number of hydrogen-bond donors (Lipinski definition) is 10. The molecule has 33 heteroatoms. The van der Waals surface area contributed by atoms with Crippen LogP contribution in [0.15, 0.2) is 89.8 Å². The van der Waals surface area contributed by atoms with Crippen molar-refractivity contribution in [3.8, 4) is 22.3 Å². The number of aryl methyl sites for hydroxylation is 3. The second-order valence-corrected chi connectivity index (χ2v) is 26.9. The van der Waals surface area contributed by atoms with Gasteiger partial charge in [0.2, 0.25) is 5.91 Å². The molecule has 10 rings (SSSR count). The molecule has 5 aliphatic rings. The maximum absolute atomic E-state index is 13.0. The molecule has 7 unspecified atom stereocenters. The first kappa shape index (κ1) is 79.6. The van der Waals surface area contributed by atoms with Gasteiger partial charge in [-0.25, -0.2) is 20.5 Å². The van der Waals surface area contributed by atoms with Crippen molar-refractivity contribution in [3.63, 3.8) is 0 Å². The quantitative estimate of drug-likeness (QED) is 0.0112. The van der Waals surface area contributed by atoms with E-state index in [9.17, 15) is 39.1 Å². The fourth-order valence-corrected chi connectivity index (χ4v) is 12.7. The van der Waals surface area contributed by atoms with Gasteiger partial charge in [0.1, 0.15) is 42.4 Å². The Morgan fingerprint density at radius 1 is 0.626 bits per heavy atom. The molecule has 33 nitrogen and oxygen atoms in total. The highest BCUT2D eigenvalue weighted by molar-refractivity contribution is 6.02. The highest BCUT2D eigenvalue weighted by atomic mass is 16.6. The number of aromatic nitrogens is 6. The van der Waals surface area contributed by atoms with Gasteiger partial charge in [0.25, 0.3) is 11.8 Å². The lowest BCUT2D eigenvalue weighted by atomic mass is 9.99. The second kappa shape index (κ2) is 43.5. The minimum atomic E-state index is -0.884. The topological polar surface area (TPSA) is 379 Å². The van der Waals surface area contributed by atoms with Crippen molar-refractivity contribution in [1.29, 1.82) is 0 Å². The number of fused-ring (bicyclic) bond motifs is 10. The van der Waals surface area contributed by atoms with Gasteiger partial charge in [0.05, 0.1) is 105 Å². The first-order valence-electron chi connectivity index (χ1n) is 38.0. The van der Waals surface area contributed by atoms with Gasteiger partial charge in [-0.3, -0.25) is 39.0 Å². The van der Waals surface area contributed by atoms with E-state index in [-0.39, 0.29) is 79.4 Å². The lowest BCUT2D eigenvalue weighted by Crippen LogP contribution is -2.57. The van der Waals surface area contributed by atoms with Crippen molar-refractivity contribution in [2.75, 3.05) is 137 Å². The number of pyridine rings is 4. The molecule has 7 atom stereocenters. The van der Waals surface area contributed by atoms with Gasteiger partial charge in [-0.05, 0) is 64.0 Å². The number of amidine groups is 1. The van der Waals surface area contributed by atoms with Crippen molar-refractivity contribution >= 4 is 41.4 Å².